The van der Waals surface area contributed by atoms with E-state index >= 15 is 0 Å². The van der Waals surface area contributed by atoms with Crippen LogP contribution < -0.4 is 10.6 Å². The van der Waals surface area contributed by atoms with Crippen molar-refractivity contribution in [1.29, 1.82) is 5.26 Å². The fourth-order valence-electron chi connectivity index (χ4n) is 1.79. The van der Waals surface area contributed by atoms with Crippen molar-refractivity contribution in [3.8, 4) is 6.07 Å². The van der Waals surface area contributed by atoms with Crippen LogP contribution in [-0.4, -0.2) is 26.2 Å². The van der Waals surface area contributed by atoms with Crippen molar-refractivity contribution in [1.82, 2.24) is 0 Å². The van der Waals surface area contributed by atoms with Gasteiger partial charge in [-0.15, -0.1) is 11.3 Å². The standard InChI is InChI=1S/C13H19N3O2S/c1-5-18-13(17)11-10(15)9(6-14)12(19-11)16(4)7-8(2)3/h8H,5,7,15H2,1-4H3. The zero-order valence-corrected chi connectivity index (χ0v) is 12.5. The molecule has 1 aromatic heterocycles. The molecule has 0 amide bonds. The summed E-state index contributed by atoms with van der Waals surface area (Å²) in [5.41, 5.74) is 6.45. The van der Waals surface area contributed by atoms with Gasteiger partial charge in [0.05, 0.1) is 12.3 Å². The first-order valence-corrected chi connectivity index (χ1v) is 6.94. The Bertz CT molecular complexity index is 503. The first kappa shape index (κ1) is 15.3. The van der Waals surface area contributed by atoms with Crippen LogP contribution >= 0.6 is 11.3 Å². The normalized spacial score (nSPS) is 10.3. The van der Waals surface area contributed by atoms with Crippen LogP contribution in [-0.2, 0) is 4.74 Å². The number of nitrogen functional groups attached to an aromatic ring is 1. The maximum atomic E-state index is 11.8. The molecule has 0 aliphatic carbocycles. The zero-order valence-electron chi connectivity index (χ0n) is 11.7. The number of esters is 1. The maximum absolute atomic E-state index is 11.8. The number of nitrogens with zero attached hydrogens (tertiary/aromatic N) is 2. The van der Waals surface area contributed by atoms with Crippen molar-refractivity contribution in [2.24, 2.45) is 5.92 Å². The van der Waals surface area contributed by atoms with Crippen molar-refractivity contribution >= 4 is 28.0 Å². The van der Waals surface area contributed by atoms with Gasteiger partial charge in [-0.05, 0) is 12.8 Å². The molecule has 0 aliphatic heterocycles. The topological polar surface area (TPSA) is 79.3 Å². The van der Waals surface area contributed by atoms with Gasteiger partial charge >= 0.3 is 5.97 Å². The summed E-state index contributed by atoms with van der Waals surface area (Å²) in [5, 5.41) is 9.92. The number of anilines is 2. The van der Waals surface area contributed by atoms with Crippen LogP contribution in [0.2, 0.25) is 0 Å². The van der Waals surface area contributed by atoms with E-state index in [4.69, 9.17) is 10.5 Å². The molecule has 0 atom stereocenters. The lowest BCUT2D eigenvalue weighted by Crippen LogP contribution is -2.22. The molecular formula is C13H19N3O2S. The molecule has 5 nitrogen and oxygen atoms in total. The Morgan fingerprint density at radius 1 is 1.58 bits per heavy atom. The van der Waals surface area contributed by atoms with Crippen molar-refractivity contribution < 1.29 is 9.53 Å². The number of hydrogen-bond donors (Lipinski definition) is 1. The Morgan fingerprint density at radius 3 is 2.68 bits per heavy atom. The Labute approximate surface area is 117 Å². The lowest BCUT2D eigenvalue weighted by Gasteiger charge is -2.19. The minimum atomic E-state index is -0.467. The first-order chi connectivity index (χ1) is 8.92. The second-order valence-electron chi connectivity index (χ2n) is 4.63. The predicted octanol–water partition coefficient (Wildman–Crippen LogP) is 2.47. The van der Waals surface area contributed by atoms with Gasteiger partial charge in [0, 0.05) is 13.6 Å². The number of nitrogens with two attached hydrogens (primary N) is 1. The molecule has 0 saturated heterocycles. The summed E-state index contributed by atoms with van der Waals surface area (Å²) in [6, 6.07) is 2.07. The van der Waals surface area contributed by atoms with Crippen LogP contribution in [0.1, 0.15) is 36.0 Å². The van der Waals surface area contributed by atoms with Crippen LogP contribution in [0, 0.1) is 17.2 Å². The van der Waals surface area contributed by atoms with E-state index in [1.165, 1.54) is 11.3 Å². The van der Waals surface area contributed by atoms with Gasteiger partial charge < -0.3 is 15.4 Å². The van der Waals surface area contributed by atoms with E-state index < -0.39 is 5.97 Å². The molecule has 0 spiro atoms. The molecule has 0 fully saturated rings. The van der Waals surface area contributed by atoms with Crippen LogP contribution in [0.25, 0.3) is 0 Å². The van der Waals surface area contributed by atoms with Gasteiger partial charge in [0.1, 0.15) is 21.5 Å². The van der Waals surface area contributed by atoms with Crippen molar-refractivity contribution in [2.75, 3.05) is 30.8 Å². The van der Waals surface area contributed by atoms with Gasteiger partial charge in [0.15, 0.2) is 0 Å². The van der Waals surface area contributed by atoms with Gasteiger partial charge in [-0.2, -0.15) is 5.26 Å². The summed E-state index contributed by atoms with van der Waals surface area (Å²) in [5.74, 6) is -0.0170. The van der Waals surface area contributed by atoms with E-state index in [0.29, 0.717) is 16.4 Å². The smallest absolute Gasteiger partial charge is 0.350 e. The van der Waals surface area contributed by atoms with Gasteiger partial charge in [-0.3, -0.25) is 0 Å². The summed E-state index contributed by atoms with van der Waals surface area (Å²) in [4.78, 5) is 14.0. The SMILES string of the molecule is CCOC(=O)c1sc(N(C)CC(C)C)c(C#N)c1N. The molecule has 1 aromatic rings. The minimum Gasteiger partial charge on any atom is -0.462 e. The molecule has 0 bridgehead atoms. The average molecular weight is 281 g/mol. The molecule has 104 valence electrons. The maximum Gasteiger partial charge on any atom is 0.350 e. The highest BCUT2D eigenvalue weighted by molar-refractivity contribution is 7.18. The molecule has 0 aromatic carbocycles. The average Bonchev–Trinajstić information content (AvgIpc) is 2.65. The molecule has 1 heterocycles. The third-order valence-corrected chi connectivity index (χ3v) is 3.78. The second-order valence-corrected chi connectivity index (χ2v) is 5.63. The number of hydrogen-bond acceptors (Lipinski definition) is 6. The largest absolute Gasteiger partial charge is 0.462 e. The van der Waals surface area contributed by atoms with E-state index in [2.05, 4.69) is 19.9 Å². The fraction of sp³-hybridized carbons (Fsp3) is 0.538. The Hall–Kier alpha value is -1.74. The lowest BCUT2D eigenvalue weighted by atomic mass is 10.2. The molecule has 2 N–H and O–H groups in total. The molecule has 6 heteroatoms. The van der Waals surface area contributed by atoms with Crippen molar-refractivity contribution in [3.63, 3.8) is 0 Å². The van der Waals surface area contributed by atoms with E-state index in [0.717, 1.165) is 11.5 Å². The van der Waals surface area contributed by atoms with E-state index in [-0.39, 0.29) is 12.3 Å². The number of carbonyl (C=O) groups excluding carboxylic acids is 1. The third-order valence-electron chi connectivity index (χ3n) is 2.48. The predicted molar refractivity (Wildman–Crippen MR) is 77.5 cm³/mol. The molecule has 0 aliphatic rings. The minimum absolute atomic E-state index is 0.219. The second kappa shape index (κ2) is 6.43. The molecule has 0 unspecified atom stereocenters. The van der Waals surface area contributed by atoms with Gasteiger partial charge in [-0.1, -0.05) is 13.8 Å². The number of thiophene rings is 1. The summed E-state index contributed by atoms with van der Waals surface area (Å²) < 4.78 is 4.95. The van der Waals surface area contributed by atoms with Crippen molar-refractivity contribution in [2.45, 2.75) is 20.8 Å². The Balaban J connectivity index is 3.16. The summed E-state index contributed by atoms with van der Waals surface area (Å²) in [6.45, 7) is 6.99. The highest BCUT2D eigenvalue weighted by Crippen LogP contribution is 2.37. The Morgan fingerprint density at radius 2 is 2.21 bits per heavy atom. The molecular weight excluding hydrogens is 262 g/mol. The molecule has 0 radical (unpaired) electrons. The van der Waals surface area contributed by atoms with E-state index in [1.807, 2.05) is 11.9 Å². The van der Waals surface area contributed by atoms with Gasteiger partial charge in [-0.25, -0.2) is 4.79 Å². The highest BCUT2D eigenvalue weighted by Gasteiger charge is 2.24. The van der Waals surface area contributed by atoms with Crippen LogP contribution in [0.4, 0.5) is 10.7 Å². The van der Waals surface area contributed by atoms with E-state index in [1.54, 1.807) is 6.92 Å². The first-order valence-electron chi connectivity index (χ1n) is 6.12. The number of carbonyl (C=O) groups is 1. The van der Waals surface area contributed by atoms with Gasteiger partial charge in [0.25, 0.3) is 0 Å². The van der Waals surface area contributed by atoms with Crippen molar-refractivity contribution in [3.05, 3.63) is 10.4 Å². The molecule has 1 rings (SSSR count). The van der Waals surface area contributed by atoms with Crippen LogP contribution in [0.5, 0.6) is 0 Å². The van der Waals surface area contributed by atoms with Crippen LogP contribution in [0.3, 0.4) is 0 Å². The zero-order chi connectivity index (χ0) is 14.6. The van der Waals surface area contributed by atoms with Gasteiger partial charge in [0.2, 0.25) is 0 Å². The third kappa shape index (κ3) is 3.38. The number of ether oxygens (including phenoxy) is 1. The summed E-state index contributed by atoms with van der Waals surface area (Å²) in [6.07, 6.45) is 0. The Kier molecular flexibility index (Phi) is 5.19. The van der Waals surface area contributed by atoms with E-state index in [9.17, 15) is 10.1 Å². The molecule has 0 saturated carbocycles. The number of nitriles is 1. The molecule has 19 heavy (non-hydrogen) atoms. The summed E-state index contributed by atoms with van der Waals surface area (Å²) >= 11 is 1.21. The monoisotopic (exact) mass is 281 g/mol. The van der Waals surface area contributed by atoms with Crippen LogP contribution in [0.15, 0.2) is 0 Å². The quantitative estimate of drug-likeness (QED) is 0.839. The summed E-state index contributed by atoms with van der Waals surface area (Å²) in [7, 11) is 1.89. The number of rotatable bonds is 5. The lowest BCUT2D eigenvalue weighted by molar-refractivity contribution is 0.0533. The highest BCUT2D eigenvalue weighted by atomic mass is 32.1. The fourth-order valence-corrected chi connectivity index (χ4v) is 2.82.